The maximum atomic E-state index is 5.81. The summed E-state index contributed by atoms with van der Waals surface area (Å²) >= 11 is 0. The average molecular weight is 157 g/mol. The SMILES string of the molecule is CCC1NCC(C)OC1(C)C. The molecule has 0 bridgehead atoms. The molecule has 11 heavy (non-hydrogen) atoms. The Kier molecular flexibility index (Phi) is 2.55. The molecule has 1 N–H and O–H groups in total. The molecule has 2 unspecified atom stereocenters. The number of hydrogen-bond donors (Lipinski definition) is 1. The molecule has 0 radical (unpaired) electrons. The Labute approximate surface area is 69.3 Å². The lowest BCUT2D eigenvalue weighted by Gasteiger charge is -2.42. The van der Waals surface area contributed by atoms with Gasteiger partial charge in [0.05, 0.1) is 11.7 Å². The first-order chi connectivity index (χ1) is 5.06. The predicted molar refractivity (Wildman–Crippen MR) is 46.7 cm³/mol. The van der Waals surface area contributed by atoms with E-state index < -0.39 is 0 Å². The maximum absolute atomic E-state index is 5.81. The predicted octanol–water partition coefficient (Wildman–Crippen LogP) is 1.55. The average Bonchev–Trinajstić information content (AvgIpc) is 1.85. The molecule has 0 aromatic rings. The summed E-state index contributed by atoms with van der Waals surface area (Å²) < 4.78 is 5.81. The third-order valence-corrected chi connectivity index (χ3v) is 2.40. The molecule has 1 aliphatic heterocycles. The molecular formula is C9H19NO. The lowest BCUT2D eigenvalue weighted by atomic mass is 9.94. The van der Waals surface area contributed by atoms with Crippen LogP contribution >= 0.6 is 0 Å². The maximum Gasteiger partial charge on any atom is 0.0782 e. The van der Waals surface area contributed by atoms with E-state index in [1.165, 1.54) is 0 Å². The fraction of sp³-hybridized carbons (Fsp3) is 1.00. The van der Waals surface area contributed by atoms with Crippen molar-refractivity contribution in [3.63, 3.8) is 0 Å². The summed E-state index contributed by atoms with van der Waals surface area (Å²) in [5.74, 6) is 0. The van der Waals surface area contributed by atoms with E-state index in [0.717, 1.165) is 13.0 Å². The number of ether oxygens (including phenoxy) is 1. The van der Waals surface area contributed by atoms with Crippen LogP contribution in [0.3, 0.4) is 0 Å². The quantitative estimate of drug-likeness (QED) is 0.623. The van der Waals surface area contributed by atoms with Crippen molar-refractivity contribution >= 4 is 0 Å². The molecule has 2 heteroatoms. The Bertz CT molecular complexity index is 134. The lowest BCUT2D eigenvalue weighted by molar-refractivity contribution is -0.114. The molecule has 1 saturated heterocycles. The van der Waals surface area contributed by atoms with Crippen LogP contribution in [-0.4, -0.2) is 24.3 Å². The second kappa shape index (κ2) is 3.11. The third kappa shape index (κ3) is 1.94. The minimum Gasteiger partial charge on any atom is -0.370 e. The second-order valence-corrected chi connectivity index (χ2v) is 3.90. The zero-order valence-electron chi connectivity index (χ0n) is 7.98. The van der Waals surface area contributed by atoms with Crippen LogP contribution in [-0.2, 0) is 4.74 Å². The van der Waals surface area contributed by atoms with Crippen molar-refractivity contribution in [3.8, 4) is 0 Å². The van der Waals surface area contributed by atoms with Gasteiger partial charge in [0.25, 0.3) is 0 Å². The molecule has 1 aliphatic rings. The number of rotatable bonds is 1. The second-order valence-electron chi connectivity index (χ2n) is 3.90. The fourth-order valence-corrected chi connectivity index (χ4v) is 1.83. The highest BCUT2D eigenvalue weighted by molar-refractivity contribution is 4.89. The van der Waals surface area contributed by atoms with Crippen molar-refractivity contribution in [1.29, 1.82) is 0 Å². The minimum absolute atomic E-state index is 0.00637. The normalized spacial score (nSPS) is 37.1. The molecule has 1 heterocycles. The summed E-state index contributed by atoms with van der Waals surface area (Å²) in [7, 11) is 0. The standard InChI is InChI=1S/C9H19NO/c1-5-8-9(3,4)11-7(2)6-10-8/h7-8,10H,5-6H2,1-4H3. The zero-order chi connectivity index (χ0) is 8.48. The van der Waals surface area contributed by atoms with E-state index in [1.807, 2.05) is 0 Å². The number of hydrogen-bond acceptors (Lipinski definition) is 2. The van der Waals surface area contributed by atoms with E-state index in [1.54, 1.807) is 0 Å². The monoisotopic (exact) mass is 157 g/mol. The van der Waals surface area contributed by atoms with Crippen LogP contribution in [0.25, 0.3) is 0 Å². The Morgan fingerprint density at radius 1 is 1.55 bits per heavy atom. The highest BCUT2D eigenvalue weighted by atomic mass is 16.5. The van der Waals surface area contributed by atoms with Gasteiger partial charge in [-0.15, -0.1) is 0 Å². The molecule has 2 atom stereocenters. The summed E-state index contributed by atoms with van der Waals surface area (Å²) in [6.07, 6.45) is 1.49. The van der Waals surface area contributed by atoms with E-state index in [4.69, 9.17) is 4.74 Å². The van der Waals surface area contributed by atoms with Gasteiger partial charge in [0, 0.05) is 12.6 Å². The molecule has 66 valence electrons. The van der Waals surface area contributed by atoms with Crippen molar-refractivity contribution in [2.75, 3.05) is 6.54 Å². The molecular weight excluding hydrogens is 138 g/mol. The first-order valence-electron chi connectivity index (χ1n) is 4.47. The van der Waals surface area contributed by atoms with E-state index in [-0.39, 0.29) is 5.60 Å². The number of morpholine rings is 1. The van der Waals surface area contributed by atoms with E-state index >= 15 is 0 Å². The van der Waals surface area contributed by atoms with Crippen LogP contribution in [0.4, 0.5) is 0 Å². The van der Waals surface area contributed by atoms with E-state index in [0.29, 0.717) is 12.1 Å². The zero-order valence-corrected chi connectivity index (χ0v) is 7.98. The first-order valence-corrected chi connectivity index (χ1v) is 4.47. The molecule has 0 aromatic carbocycles. The Morgan fingerprint density at radius 2 is 2.18 bits per heavy atom. The third-order valence-electron chi connectivity index (χ3n) is 2.40. The Morgan fingerprint density at radius 3 is 2.64 bits per heavy atom. The molecule has 0 saturated carbocycles. The van der Waals surface area contributed by atoms with Gasteiger partial charge in [0.15, 0.2) is 0 Å². The molecule has 2 nitrogen and oxygen atoms in total. The highest BCUT2D eigenvalue weighted by Crippen LogP contribution is 2.22. The van der Waals surface area contributed by atoms with Gasteiger partial charge in [-0.3, -0.25) is 0 Å². The van der Waals surface area contributed by atoms with Gasteiger partial charge in [0.1, 0.15) is 0 Å². The molecule has 0 spiro atoms. The Balaban J connectivity index is 2.56. The summed E-state index contributed by atoms with van der Waals surface area (Å²) in [5, 5.41) is 3.48. The first kappa shape index (κ1) is 9.01. The molecule has 0 aromatic heterocycles. The van der Waals surface area contributed by atoms with Crippen LogP contribution in [0.2, 0.25) is 0 Å². The van der Waals surface area contributed by atoms with Crippen LogP contribution in [0, 0.1) is 0 Å². The minimum atomic E-state index is 0.00637. The van der Waals surface area contributed by atoms with Crippen molar-refractivity contribution in [2.24, 2.45) is 0 Å². The molecule has 1 fully saturated rings. The van der Waals surface area contributed by atoms with Crippen LogP contribution in [0.1, 0.15) is 34.1 Å². The van der Waals surface area contributed by atoms with E-state index in [2.05, 4.69) is 33.0 Å². The van der Waals surface area contributed by atoms with Crippen molar-refractivity contribution in [3.05, 3.63) is 0 Å². The van der Waals surface area contributed by atoms with Crippen LogP contribution in [0.15, 0.2) is 0 Å². The van der Waals surface area contributed by atoms with Crippen molar-refractivity contribution < 1.29 is 4.74 Å². The van der Waals surface area contributed by atoms with Crippen LogP contribution < -0.4 is 5.32 Å². The van der Waals surface area contributed by atoms with Gasteiger partial charge >= 0.3 is 0 Å². The van der Waals surface area contributed by atoms with E-state index in [9.17, 15) is 0 Å². The van der Waals surface area contributed by atoms with Gasteiger partial charge in [0.2, 0.25) is 0 Å². The fourth-order valence-electron chi connectivity index (χ4n) is 1.83. The summed E-state index contributed by atoms with van der Waals surface area (Å²) in [5.41, 5.74) is 0.00637. The highest BCUT2D eigenvalue weighted by Gasteiger charge is 2.34. The van der Waals surface area contributed by atoms with Gasteiger partial charge in [-0.25, -0.2) is 0 Å². The lowest BCUT2D eigenvalue weighted by Crippen LogP contribution is -2.57. The van der Waals surface area contributed by atoms with Gasteiger partial charge < -0.3 is 10.1 Å². The van der Waals surface area contributed by atoms with Gasteiger partial charge in [-0.1, -0.05) is 6.92 Å². The van der Waals surface area contributed by atoms with Crippen molar-refractivity contribution in [1.82, 2.24) is 5.32 Å². The summed E-state index contributed by atoms with van der Waals surface area (Å²) in [6.45, 7) is 9.61. The molecule has 0 amide bonds. The summed E-state index contributed by atoms with van der Waals surface area (Å²) in [4.78, 5) is 0. The molecule has 0 aliphatic carbocycles. The molecule has 1 rings (SSSR count). The van der Waals surface area contributed by atoms with Gasteiger partial charge in [-0.2, -0.15) is 0 Å². The largest absolute Gasteiger partial charge is 0.370 e. The smallest absolute Gasteiger partial charge is 0.0782 e. The topological polar surface area (TPSA) is 21.3 Å². The summed E-state index contributed by atoms with van der Waals surface area (Å²) in [6, 6.07) is 0.513. The van der Waals surface area contributed by atoms with Crippen molar-refractivity contribution in [2.45, 2.75) is 51.9 Å². The Hall–Kier alpha value is -0.0800. The van der Waals surface area contributed by atoms with Gasteiger partial charge in [-0.05, 0) is 27.2 Å². The van der Waals surface area contributed by atoms with Crippen LogP contribution in [0.5, 0.6) is 0 Å². The number of nitrogens with one attached hydrogen (secondary N) is 1.